The third kappa shape index (κ3) is 5.70. The quantitative estimate of drug-likeness (QED) is 0.635. The summed E-state index contributed by atoms with van der Waals surface area (Å²) in [6, 6.07) is 9.77. The molecule has 2 aromatic rings. The number of amides is 1. The van der Waals surface area contributed by atoms with E-state index in [1.807, 2.05) is 17.0 Å². The fourth-order valence-corrected chi connectivity index (χ4v) is 3.71. The van der Waals surface area contributed by atoms with Gasteiger partial charge in [0.15, 0.2) is 0 Å². The minimum Gasteiger partial charge on any atom is -0.465 e. The van der Waals surface area contributed by atoms with Gasteiger partial charge in [-0.05, 0) is 36.4 Å². The molecule has 0 aromatic heterocycles. The lowest BCUT2D eigenvalue weighted by atomic mass is 10.1. The molecule has 0 spiro atoms. The number of carbonyl (C=O) groups is 3. The van der Waals surface area contributed by atoms with Gasteiger partial charge < -0.3 is 19.7 Å². The Balaban J connectivity index is 1.62. The Morgan fingerprint density at radius 3 is 2.22 bits per heavy atom. The SMILES string of the molecule is COC(=O)c1ccc(C(=O)OC)c(NC(=O)CN2CCN(c3ccc(Cl)c(Cl)c3)CC2)c1. The van der Waals surface area contributed by atoms with Crippen LogP contribution in [0.25, 0.3) is 0 Å². The third-order valence-corrected chi connectivity index (χ3v) is 5.87. The summed E-state index contributed by atoms with van der Waals surface area (Å²) < 4.78 is 9.47. The Hall–Kier alpha value is -2.81. The number of methoxy groups -OCH3 is 2. The molecule has 170 valence electrons. The van der Waals surface area contributed by atoms with Crippen LogP contribution in [0, 0.1) is 0 Å². The molecule has 0 bridgehead atoms. The molecule has 1 aliphatic heterocycles. The van der Waals surface area contributed by atoms with Gasteiger partial charge in [0.05, 0.1) is 47.6 Å². The Kier molecular flexibility index (Phi) is 7.95. The fraction of sp³-hybridized carbons (Fsp3) is 0.318. The molecule has 0 radical (unpaired) electrons. The average Bonchev–Trinajstić information content (AvgIpc) is 2.80. The third-order valence-electron chi connectivity index (χ3n) is 5.13. The zero-order valence-electron chi connectivity index (χ0n) is 17.7. The molecule has 0 unspecified atom stereocenters. The first-order valence-electron chi connectivity index (χ1n) is 9.85. The van der Waals surface area contributed by atoms with E-state index in [9.17, 15) is 14.4 Å². The fourth-order valence-electron chi connectivity index (χ4n) is 3.42. The molecule has 32 heavy (non-hydrogen) atoms. The van der Waals surface area contributed by atoms with Gasteiger partial charge in [-0.1, -0.05) is 23.2 Å². The van der Waals surface area contributed by atoms with Gasteiger partial charge >= 0.3 is 11.9 Å². The molecule has 0 aliphatic carbocycles. The number of carbonyl (C=O) groups excluding carboxylic acids is 3. The molecule has 1 saturated heterocycles. The number of hydrogen-bond acceptors (Lipinski definition) is 7. The first-order chi connectivity index (χ1) is 15.3. The van der Waals surface area contributed by atoms with Crippen LogP contribution in [0.1, 0.15) is 20.7 Å². The molecule has 1 aliphatic rings. The van der Waals surface area contributed by atoms with Crippen LogP contribution in [0.3, 0.4) is 0 Å². The van der Waals surface area contributed by atoms with Crippen molar-refractivity contribution in [2.75, 3.05) is 57.2 Å². The molecular weight excluding hydrogens is 457 g/mol. The molecule has 1 heterocycles. The lowest BCUT2D eigenvalue weighted by Gasteiger charge is -2.35. The van der Waals surface area contributed by atoms with Crippen molar-refractivity contribution in [3.05, 3.63) is 57.6 Å². The Morgan fingerprint density at radius 1 is 0.906 bits per heavy atom. The lowest BCUT2D eigenvalue weighted by Crippen LogP contribution is -2.48. The maximum absolute atomic E-state index is 12.7. The normalized spacial score (nSPS) is 14.1. The van der Waals surface area contributed by atoms with E-state index in [-0.39, 0.29) is 29.3 Å². The lowest BCUT2D eigenvalue weighted by molar-refractivity contribution is -0.117. The number of benzene rings is 2. The van der Waals surface area contributed by atoms with Gasteiger partial charge in [0, 0.05) is 31.9 Å². The summed E-state index contributed by atoms with van der Waals surface area (Å²) >= 11 is 12.1. The van der Waals surface area contributed by atoms with E-state index in [2.05, 4.69) is 10.2 Å². The summed E-state index contributed by atoms with van der Waals surface area (Å²) in [4.78, 5) is 40.7. The standard InChI is InChI=1S/C22H23Cl2N3O5/c1-31-21(29)14-3-5-16(22(30)32-2)19(11-14)25-20(28)13-26-7-9-27(10-8-26)15-4-6-17(23)18(24)12-15/h3-6,11-12H,7-10,13H2,1-2H3,(H,25,28). The highest BCUT2D eigenvalue weighted by Gasteiger charge is 2.22. The zero-order valence-corrected chi connectivity index (χ0v) is 19.2. The number of halogens is 2. The maximum Gasteiger partial charge on any atom is 0.339 e. The predicted molar refractivity (Wildman–Crippen MR) is 123 cm³/mol. The largest absolute Gasteiger partial charge is 0.465 e. The van der Waals surface area contributed by atoms with E-state index in [0.29, 0.717) is 23.1 Å². The highest BCUT2D eigenvalue weighted by atomic mass is 35.5. The number of esters is 2. The second-order valence-corrected chi connectivity index (χ2v) is 7.97. The number of nitrogens with zero attached hydrogens (tertiary/aromatic N) is 2. The van der Waals surface area contributed by atoms with Crippen molar-refractivity contribution in [2.45, 2.75) is 0 Å². The van der Waals surface area contributed by atoms with Crippen molar-refractivity contribution in [3.8, 4) is 0 Å². The van der Waals surface area contributed by atoms with Crippen LogP contribution in [-0.2, 0) is 14.3 Å². The van der Waals surface area contributed by atoms with E-state index < -0.39 is 11.9 Å². The summed E-state index contributed by atoms with van der Waals surface area (Å²) in [7, 11) is 2.50. The number of anilines is 2. The minimum absolute atomic E-state index is 0.137. The Labute approximate surface area is 196 Å². The Bertz CT molecular complexity index is 1020. The van der Waals surface area contributed by atoms with Crippen LogP contribution < -0.4 is 10.2 Å². The van der Waals surface area contributed by atoms with Crippen LogP contribution in [0.15, 0.2) is 36.4 Å². The molecule has 0 atom stereocenters. The highest BCUT2D eigenvalue weighted by molar-refractivity contribution is 6.42. The van der Waals surface area contributed by atoms with Gasteiger partial charge in [-0.3, -0.25) is 9.69 Å². The van der Waals surface area contributed by atoms with Crippen LogP contribution in [0.5, 0.6) is 0 Å². The number of hydrogen-bond donors (Lipinski definition) is 1. The molecule has 1 N–H and O–H groups in total. The highest BCUT2D eigenvalue weighted by Crippen LogP contribution is 2.28. The summed E-state index contributed by atoms with van der Waals surface area (Å²) in [5, 5.41) is 3.72. The van der Waals surface area contributed by atoms with Gasteiger partial charge in [0.1, 0.15) is 0 Å². The minimum atomic E-state index is -0.619. The molecule has 8 nitrogen and oxygen atoms in total. The van der Waals surface area contributed by atoms with Gasteiger partial charge in [-0.15, -0.1) is 0 Å². The molecule has 1 amide bonds. The monoisotopic (exact) mass is 479 g/mol. The van der Waals surface area contributed by atoms with Crippen molar-refractivity contribution in [1.82, 2.24) is 4.90 Å². The molecule has 10 heteroatoms. The first-order valence-corrected chi connectivity index (χ1v) is 10.6. The number of ether oxygens (including phenoxy) is 2. The average molecular weight is 480 g/mol. The van der Waals surface area contributed by atoms with E-state index in [0.717, 1.165) is 18.8 Å². The maximum atomic E-state index is 12.7. The number of nitrogens with one attached hydrogen (secondary N) is 1. The zero-order chi connectivity index (χ0) is 23.3. The first kappa shape index (κ1) is 23.8. The van der Waals surface area contributed by atoms with E-state index in [1.165, 1.54) is 32.4 Å². The number of rotatable bonds is 6. The molecule has 0 saturated carbocycles. The van der Waals surface area contributed by atoms with Gasteiger partial charge in [-0.2, -0.15) is 0 Å². The van der Waals surface area contributed by atoms with Gasteiger partial charge in [0.2, 0.25) is 5.91 Å². The van der Waals surface area contributed by atoms with Gasteiger partial charge in [0.25, 0.3) is 0 Å². The van der Waals surface area contributed by atoms with Crippen LogP contribution in [0.4, 0.5) is 11.4 Å². The van der Waals surface area contributed by atoms with Crippen molar-refractivity contribution in [3.63, 3.8) is 0 Å². The second-order valence-electron chi connectivity index (χ2n) is 7.15. The van der Waals surface area contributed by atoms with Crippen molar-refractivity contribution in [2.24, 2.45) is 0 Å². The topological polar surface area (TPSA) is 88.2 Å². The number of piperazine rings is 1. The molecule has 1 fully saturated rings. The van der Waals surface area contributed by atoms with E-state index in [4.69, 9.17) is 32.7 Å². The summed E-state index contributed by atoms with van der Waals surface area (Å²) in [6.45, 7) is 2.91. The smallest absolute Gasteiger partial charge is 0.339 e. The van der Waals surface area contributed by atoms with Crippen LogP contribution in [-0.4, -0.2) is 69.7 Å². The van der Waals surface area contributed by atoms with Gasteiger partial charge in [-0.25, -0.2) is 9.59 Å². The predicted octanol–water partition coefficient (Wildman–Crippen LogP) is 3.33. The Morgan fingerprint density at radius 2 is 1.59 bits per heavy atom. The van der Waals surface area contributed by atoms with Crippen molar-refractivity contribution >= 4 is 52.4 Å². The summed E-state index contributed by atoms with van der Waals surface area (Å²) in [6.07, 6.45) is 0. The summed E-state index contributed by atoms with van der Waals surface area (Å²) in [5.41, 5.74) is 1.54. The van der Waals surface area contributed by atoms with Crippen molar-refractivity contribution in [1.29, 1.82) is 0 Å². The molecule has 3 rings (SSSR count). The van der Waals surface area contributed by atoms with E-state index >= 15 is 0 Å². The molecular formula is C22H23Cl2N3O5. The molecule has 2 aromatic carbocycles. The van der Waals surface area contributed by atoms with Crippen LogP contribution in [0.2, 0.25) is 10.0 Å². The second kappa shape index (κ2) is 10.7. The summed E-state index contributed by atoms with van der Waals surface area (Å²) in [5.74, 6) is -1.50. The van der Waals surface area contributed by atoms with E-state index in [1.54, 1.807) is 6.07 Å². The van der Waals surface area contributed by atoms with Crippen LogP contribution >= 0.6 is 23.2 Å². The van der Waals surface area contributed by atoms with Crippen molar-refractivity contribution < 1.29 is 23.9 Å².